The van der Waals surface area contributed by atoms with Crippen molar-refractivity contribution in [2.75, 3.05) is 13.1 Å². The van der Waals surface area contributed by atoms with Gasteiger partial charge in [0, 0.05) is 6.04 Å². The number of hydrogen-bond acceptors (Lipinski definition) is 3. The molecule has 1 unspecified atom stereocenters. The first kappa shape index (κ1) is 11.6. The van der Waals surface area contributed by atoms with Crippen LogP contribution < -0.4 is 11.1 Å². The van der Waals surface area contributed by atoms with Crippen molar-refractivity contribution in [3.63, 3.8) is 0 Å². The van der Waals surface area contributed by atoms with E-state index in [0.717, 1.165) is 25.8 Å². The number of rotatable bonds is 7. The average Bonchev–Trinajstić information content (AvgIpc) is 1.95. The molecule has 72 valence electrons. The first-order valence-corrected chi connectivity index (χ1v) is 4.58. The van der Waals surface area contributed by atoms with Crippen molar-refractivity contribution in [2.24, 2.45) is 5.73 Å². The van der Waals surface area contributed by atoms with E-state index in [2.05, 4.69) is 5.32 Å². The number of nitrogens with two attached hydrogens (primary N) is 1. The van der Waals surface area contributed by atoms with Gasteiger partial charge in [-0.2, -0.15) is 0 Å². The van der Waals surface area contributed by atoms with E-state index in [-0.39, 0.29) is 5.78 Å². The summed E-state index contributed by atoms with van der Waals surface area (Å²) in [6, 6.07) is 0.304. The van der Waals surface area contributed by atoms with E-state index in [9.17, 15) is 4.79 Å². The third kappa shape index (κ3) is 9.59. The van der Waals surface area contributed by atoms with E-state index in [1.54, 1.807) is 6.92 Å². The van der Waals surface area contributed by atoms with Crippen LogP contribution in [-0.4, -0.2) is 24.9 Å². The summed E-state index contributed by atoms with van der Waals surface area (Å²) in [6.07, 6.45) is 3.32. The molecule has 3 heteroatoms. The molecule has 0 fully saturated rings. The van der Waals surface area contributed by atoms with Gasteiger partial charge >= 0.3 is 0 Å². The van der Waals surface area contributed by atoms with E-state index < -0.39 is 0 Å². The smallest absolute Gasteiger partial charge is 0.143 e. The summed E-state index contributed by atoms with van der Waals surface area (Å²) < 4.78 is 0. The Morgan fingerprint density at radius 3 is 2.67 bits per heavy atom. The van der Waals surface area contributed by atoms with Crippen LogP contribution in [0.15, 0.2) is 0 Å². The molecular weight excluding hydrogens is 152 g/mol. The third-order valence-electron chi connectivity index (χ3n) is 1.64. The number of hydrogen-bond donors (Lipinski definition) is 2. The van der Waals surface area contributed by atoms with Gasteiger partial charge in [-0.05, 0) is 33.2 Å². The monoisotopic (exact) mass is 172 g/mol. The largest absolute Gasteiger partial charge is 0.328 e. The number of Topliss-reactive ketones (excluding diaryl/α,β-unsaturated/α-hetero) is 1. The molecule has 0 aliphatic carbocycles. The summed E-state index contributed by atoms with van der Waals surface area (Å²) in [5.74, 6) is 0.196. The van der Waals surface area contributed by atoms with Crippen molar-refractivity contribution in [1.29, 1.82) is 0 Å². The molecule has 0 saturated carbocycles. The summed E-state index contributed by atoms with van der Waals surface area (Å²) in [6.45, 7) is 5.03. The summed E-state index contributed by atoms with van der Waals surface area (Å²) in [5.41, 5.74) is 5.58. The summed E-state index contributed by atoms with van der Waals surface area (Å²) in [5, 5.41) is 3.07. The van der Waals surface area contributed by atoms with Crippen LogP contribution in [0.1, 0.15) is 33.1 Å². The van der Waals surface area contributed by atoms with Crippen molar-refractivity contribution < 1.29 is 4.79 Å². The van der Waals surface area contributed by atoms with E-state index in [4.69, 9.17) is 5.73 Å². The molecule has 0 spiro atoms. The molecule has 3 nitrogen and oxygen atoms in total. The minimum Gasteiger partial charge on any atom is -0.328 e. The summed E-state index contributed by atoms with van der Waals surface area (Å²) in [4.78, 5) is 10.5. The van der Waals surface area contributed by atoms with Crippen LogP contribution in [0.25, 0.3) is 0 Å². The first-order valence-electron chi connectivity index (χ1n) is 4.58. The molecule has 0 radical (unpaired) electrons. The van der Waals surface area contributed by atoms with Crippen LogP contribution in [0, 0.1) is 0 Å². The topological polar surface area (TPSA) is 55.1 Å². The van der Waals surface area contributed by atoms with Crippen LogP contribution in [-0.2, 0) is 4.79 Å². The molecule has 1 atom stereocenters. The van der Waals surface area contributed by atoms with E-state index >= 15 is 0 Å². The van der Waals surface area contributed by atoms with Crippen molar-refractivity contribution >= 4 is 5.78 Å². The van der Waals surface area contributed by atoms with Crippen LogP contribution in [0.4, 0.5) is 0 Å². The fraction of sp³-hybridized carbons (Fsp3) is 0.889. The highest BCUT2D eigenvalue weighted by Crippen LogP contribution is 1.96. The Morgan fingerprint density at radius 1 is 1.50 bits per heavy atom. The summed E-state index contributed by atoms with van der Waals surface area (Å²) in [7, 11) is 0. The van der Waals surface area contributed by atoms with Crippen LogP contribution >= 0.6 is 0 Å². The Hall–Kier alpha value is -0.410. The number of carbonyl (C=O) groups is 1. The SMILES string of the molecule is CC(=O)CNCCCCC(C)N. The zero-order valence-electron chi connectivity index (χ0n) is 8.10. The summed E-state index contributed by atoms with van der Waals surface area (Å²) >= 11 is 0. The predicted octanol–water partition coefficient (Wildman–Crippen LogP) is 0.682. The van der Waals surface area contributed by atoms with Gasteiger partial charge in [0.15, 0.2) is 0 Å². The average molecular weight is 172 g/mol. The standard InChI is InChI=1S/C9H20N2O/c1-8(10)5-3-4-6-11-7-9(2)12/h8,11H,3-7,10H2,1-2H3. The first-order chi connectivity index (χ1) is 5.63. The van der Waals surface area contributed by atoms with Gasteiger partial charge in [-0.25, -0.2) is 0 Å². The highest BCUT2D eigenvalue weighted by Gasteiger charge is 1.94. The molecular formula is C9H20N2O. The van der Waals surface area contributed by atoms with Crippen molar-refractivity contribution in [1.82, 2.24) is 5.32 Å². The van der Waals surface area contributed by atoms with Crippen molar-refractivity contribution in [3.8, 4) is 0 Å². The zero-order valence-corrected chi connectivity index (χ0v) is 8.10. The molecule has 3 N–H and O–H groups in total. The number of carbonyl (C=O) groups excluding carboxylic acids is 1. The maximum atomic E-state index is 10.5. The van der Waals surface area contributed by atoms with Crippen LogP contribution in [0.5, 0.6) is 0 Å². The lowest BCUT2D eigenvalue weighted by molar-refractivity contribution is -0.116. The van der Waals surface area contributed by atoms with Gasteiger partial charge in [-0.3, -0.25) is 4.79 Å². The molecule has 0 amide bonds. The lowest BCUT2D eigenvalue weighted by Crippen LogP contribution is -2.22. The molecule has 0 saturated heterocycles. The number of nitrogens with one attached hydrogen (secondary N) is 1. The minimum absolute atomic E-state index is 0.196. The molecule has 0 bridgehead atoms. The van der Waals surface area contributed by atoms with E-state index in [1.807, 2.05) is 6.92 Å². The second kappa shape index (κ2) is 7.25. The Bertz CT molecular complexity index is 124. The zero-order chi connectivity index (χ0) is 9.40. The maximum Gasteiger partial charge on any atom is 0.143 e. The number of ketones is 1. The van der Waals surface area contributed by atoms with Gasteiger partial charge in [-0.1, -0.05) is 6.42 Å². The molecule has 0 aliphatic rings. The molecule has 0 aromatic heterocycles. The minimum atomic E-state index is 0.196. The Balaban J connectivity index is 2.96. The lowest BCUT2D eigenvalue weighted by atomic mass is 10.1. The Morgan fingerprint density at radius 2 is 2.17 bits per heavy atom. The molecule has 0 aliphatic heterocycles. The highest BCUT2D eigenvalue weighted by atomic mass is 16.1. The van der Waals surface area contributed by atoms with E-state index in [0.29, 0.717) is 12.6 Å². The van der Waals surface area contributed by atoms with Gasteiger partial charge in [-0.15, -0.1) is 0 Å². The Labute approximate surface area is 74.7 Å². The molecule has 0 aromatic rings. The second-order valence-electron chi connectivity index (χ2n) is 3.35. The fourth-order valence-corrected chi connectivity index (χ4v) is 0.981. The molecule has 0 rings (SSSR count). The predicted molar refractivity (Wildman–Crippen MR) is 51.1 cm³/mol. The molecule has 0 aromatic carbocycles. The number of unbranched alkanes of at least 4 members (excludes halogenated alkanes) is 1. The van der Waals surface area contributed by atoms with Gasteiger partial charge < -0.3 is 11.1 Å². The van der Waals surface area contributed by atoms with Gasteiger partial charge in [0.2, 0.25) is 0 Å². The second-order valence-corrected chi connectivity index (χ2v) is 3.35. The Kier molecular flexibility index (Phi) is 7.00. The van der Waals surface area contributed by atoms with E-state index in [1.165, 1.54) is 0 Å². The third-order valence-corrected chi connectivity index (χ3v) is 1.64. The quantitative estimate of drug-likeness (QED) is 0.555. The van der Waals surface area contributed by atoms with Gasteiger partial charge in [0.1, 0.15) is 5.78 Å². The fourth-order valence-electron chi connectivity index (χ4n) is 0.981. The molecule has 12 heavy (non-hydrogen) atoms. The lowest BCUT2D eigenvalue weighted by Gasteiger charge is -2.04. The normalized spacial score (nSPS) is 12.9. The van der Waals surface area contributed by atoms with Crippen molar-refractivity contribution in [2.45, 2.75) is 39.2 Å². The molecule has 0 heterocycles. The van der Waals surface area contributed by atoms with Crippen molar-refractivity contribution in [3.05, 3.63) is 0 Å². The van der Waals surface area contributed by atoms with Crippen LogP contribution in [0.3, 0.4) is 0 Å². The van der Waals surface area contributed by atoms with Gasteiger partial charge in [0.05, 0.1) is 6.54 Å². The van der Waals surface area contributed by atoms with Crippen LogP contribution in [0.2, 0.25) is 0 Å². The highest BCUT2D eigenvalue weighted by molar-refractivity contribution is 5.77. The van der Waals surface area contributed by atoms with Gasteiger partial charge in [0.25, 0.3) is 0 Å². The maximum absolute atomic E-state index is 10.5.